The lowest BCUT2D eigenvalue weighted by Crippen LogP contribution is -2.14. The molecule has 0 aliphatic carbocycles. The van der Waals surface area contributed by atoms with E-state index in [2.05, 4.69) is 14.7 Å². The van der Waals surface area contributed by atoms with Gasteiger partial charge in [0.25, 0.3) is 10.0 Å². The first-order valence-corrected chi connectivity index (χ1v) is 7.90. The quantitative estimate of drug-likeness (QED) is 0.753. The lowest BCUT2D eigenvalue weighted by molar-refractivity contribution is 0.601. The van der Waals surface area contributed by atoms with Crippen LogP contribution in [0.2, 0.25) is 5.15 Å². The minimum Gasteiger partial charge on any atom is -0.279 e. The molecule has 7 heteroatoms. The standard InChI is InChI=1S/C14H10ClN3O2S/c15-14-13(5-2-7-17-14)21(19,20)18-12-4-1-3-10-9-16-8-6-11(10)12/h1-9,18H. The number of hydrogen-bond donors (Lipinski definition) is 1. The molecule has 0 saturated heterocycles. The predicted octanol–water partition coefficient (Wildman–Crippen LogP) is 3.08. The topological polar surface area (TPSA) is 72.0 Å². The van der Waals surface area contributed by atoms with Crippen molar-refractivity contribution in [3.63, 3.8) is 0 Å². The number of benzene rings is 1. The normalized spacial score (nSPS) is 11.5. The smallest absolute Gasteiger partial charge is 0.264 e. The summed E-state index contributed by atoms with van der Waals surface area (Å²) < 4.78 is 27.4. The van der Waals surface area contributed by atoms with Crippen LogP contribution in [0, 0.1) is 0 Å². The molecule has 0 unspecified atom stereocenters. The zero-order chi connectivity index (χ0) is 14.9. The van der Waals surface area contributed by atoms with E-state index < -0.39 is 10.0 Å². The van der Waals surface area contributed by atoms with Crippen molar-refractivity contribution >= 4 is 38.1 Å². The molecular weight excluding hydrogens is 310 g/mol. The van der Waals surface area contributed by atoms with Crippen molar-refractivity contribution in [2.75, 3.05) is 4.72 Å². The van der Waals surface area contributed by atoms with Crippen LogP contribution in [0.15, 0.2) is 59.9 Å². The SMILES string of the molecule is O=S(=O)(Nc1cccc2cnccc12)c1cccnc1Cl. The Labute approximate surface area is 126 Å². The van der Waals surface area contributed by atoms with E-state index in [1.807, 2.05) is 6.07 Å². The molecule has 3 aromatic rings. The maximum absolute atomic E-state index is 12.4. The number of anilines is 1. The Bertz CT molecular complexity index is 907. The fourth-order valence-electron chi connectivity index (χ4n) is 1.98. The third kappa shape index (κ3) is 2.68. The van der Waals surface area contributed by atoms with Gasteiger partial charge >= 0.3 is 0 Å². The molecule has 21 heavy (non-hydrogen) atoms. The van der Waals surface area contributed by atoms with Gasteiger partial charge in [0.1, 0.15) is 10.0 Å². The monoisotopic (exact) mass is 319 g/mol. The Morgan fingerprint density at radius 1 is 1.05 bits per heavy atom. The number of rotatable bonds is 3. The van der Waals surface area contributed by atoms with Crippen LogP contribution < -0.4 is 4.72 Å². The highest BCUT2D eigenvalue weighted by atomic mass is 35.5. The molecule has 0 spiro atoms. The van der Waals surface area contributed by atoms with Gasteiger partial charge in [0.05, 0.1) is 5.69 Å². The van der Waals surface area contributed by atoms with Gasteiger partial charge < -0.3 is 0 Å². The highest BCUT2D eigenvalue weighted by Gasteiger charge is 2.19. The summed E-state index contributed by atoms with van der Waals surface area (Å²) in [5, 5.41) is 1.54. The number of aromatic nitrogens is 2. The molecule has 0 radical (unpaired) electrons. The highest BCUT2D eigenvalue weighted by molar-refractivity contribution is 7.92. The Hall–Kier alpha value is -2.18. The van der Waals surface area contributed by atoms with Crippen LogP contribution in [0.5, 0.6) is 0 Å². The van der Waals surface area contributed by atoms with E-state index in [0.717, 1.165) is 10.8 Å². The lowest BCUT2D eigenvalue weighted by atomic mass is 10.1. The zero-order valence-electron chi connectivity index (χ0n) is 10.7. The van der Waals surface area contributed by atoms with Crippen molar-refractivity contribution < 1.29 is 8.42 Å². The summed E-state index contributed by atoms with van der Waals surface area (Å²) >= 11 is 5.85. The molecule has 5 nitrogen and oxygen atoms in total. The average molecular weight is 320 g/mol. The van der Waals surface area contributed by atoms with Crippen molar-refractivity contribution in [3.05, 3.63) is 60.1 Å². The van der Waals surface area contributed by atoms with Crippen LogP contribution in [0.25, 0.3) is 10.8 Å². The van der Waals surface area contributed by atoms with Crippen LogP contribution in [-0.2, 0) is 10.0 Å². The molecule has 0 amide bonds. The summed E-state index contributed by atoms with van der Waals surface area (Å²) in [6.45, 7) is 0. The number of halogens is 1. The Balaban J connectivity index is 2.08. The van der Waals surface area contributed by atoms with Gasteiger partial charge in [-0.1, -0.05) is 23.7 Å². The average Bonchev–Trinajstić information content (AvgIpc) is 2.47. The minimum atomic E-state index is -3.80. The minimum absolute atomic E-state index is 0.0577. The van der Waals surface area contributed by atoms with E-state index in [1.54, 1.807) is 30.6 Å². The molecule has 1 aromatic carbocycles. The summed E-state index contributed by atoms with van der Waals surface area (Å²) in [6, 6.07) is 9.98. The van der Waals surface area contributed by atoms with Crippen molar-refractivity contribution in [1.29, 1.82) is 0 Å². The summed E-state index contributed by atoms with van der Waals surface area (Å²) in [6.07, 6.45) is 4.71. The molecule has 106 valence electrons. The second-order valence-electron chi connectivity index (χ2n) is 4.30. The molecule has 0 saturated carbocycles. The van der Waals surface area contributed by atoms with Crippen molar-refractivity contribution in [2.24, 2.45) is 0 Å². The molecule has 3 rings (SSSR count). The molecule has 0 atom stereocenters. The largest absolute Gasteiger partial charge is 0.279 e. The fourth-order valence-corrected chi connectivity index (χ4v) is 3.52. The van der Waals surface area contributed by atoms with E-state index in [9.17, 15) is 8.42 Å². The first kappa shape index (κ1) is 13.8. The Morgan fingerprint density at radius 3 is 2.71 bits per heavy atom. The van der Waals surface area contributed by atoms with Crippen molar-refractivity contribution in [2.45, 2.75) is 4.90 Å². The number of fused-ring (bicyclic) bond motifs is 1. The van der Waals surface area contributed by atoms with Gasteiger partial charge in [-0.2, -0.15) is 0 Å². The summed E-state index contributed by atoms with van der Waals surface area (Å²) in [5.41, 5.74) is 0.467. The van der Waals surface area contributed by atoms with Gasteiger partial charge in [-0.3, -0.25) is 9.71 Å². The lowest BCUT2D eigenvalue weighted by Gasteiger charge is -2.11. The van der Waals surface area contributed by atoms with Gasteiger partial charge in [0.15, 0.2) is 0 Å². The first-order valence-electron chi connectivity index (χ1n) is 6.04. The molecule has 2 aromatic heterocycles. The van der Waals surface area contributed by atoms with Gasteiger partial charge in [-0.05, 0) is 24.3 Å². The number of nitrogens with zero attached hydrogens (tertiary/aromatic N) is 2. The molecule has 0 aliphatic rings. The van der Waals surface area contributed by atoms with E-state index in [-0.39, 0.29) is 10.0 Å². The van der Waals surface area contributed by atoms with E-state index in [1.165, 1.54) is 18.3 Å². The third-order valence-corrected chi connectivity index (χ3v) is 4.75. The van der Waals surface area contributed by atoms with Crippen LogP contribution in [0.3, 0.4) is 0 Å². The van der Waals surface area contributed by atoms with E-state index in [0.29, 0.717) is 5.69 Å². The van der Waals surface area contributed by atoms with Gasteiger partial charge in [0, 0.05) is 29.4 Å². The third-order valence-electron chi connectivity index (χ3n) is 2.94. The zero-order valence-corrected chi connectivity index (χ0v) is 12.3. The van der Waals surface area contributed by atoms with Crippen molar-refractivity contribution in [3.8, 4) is 0 Å². The van der Waals surface area contributed by atoms with Gasteiger partial charge in [0.2, 0.25) is 0 Å². The summed E-state index contributed by atoms with van der Waals surface area (Å²) in [4.78, 5) is 7.74. The number of pyridine rings is 2. The summed E-state index contributed by atoms with van der Waals surface area (Å²) in [7, 11) is -3.80. The van der Waals surface area contributed by atoms with E-state index >= 15 is 0 Å². The second-order valence-corrected chi connectivity index (χ2v) is 6.31. The van der Waals surface area contributed by atoms with Gasteiger partial charge in [-0.25, -0.2) is 13.4 Å². The molecule has 2 heterocycles. The first-order chi connectivity index (χ1) is 10.1. The Morgan fingerprint density at radius 2 is 1.90 bits per heavy atom. The molecule has 0 fully saturated rings. The molecule has 0 aliphatic heterocycles. The van der Waals surface area contributed by atoms with Gasteiger partial charge in [-0.15, -0.1) is 0 Å². The van der Waals surface area contributed by atoms with Crippen LogP contribution in [0.4, 0.5) is 5.69 Å². The molecule has 0 bridgehead atoms. The predicted molar refractivity (Wildman–Crippen MR) is 81.8 cm³/mol. The van der Waals surface area contributed by atoms with Crippen LogP contribution >= 0.6 is 11.6 Å². The Kier molecular flexibility index (Phi) is 3.48. The fraction of sp³-hybridized carbons (Fsp3) is 0. The van der Waals surface area contributed by atoms with Crippen LogP contribution in [0.1, 0.15) is 0 Å². The number of hydrogen-bond acceptors (Lipinski definition) is 4. The second kappa shape index (κ2) is 5.31. The highest BCUT2D eigenvalue weighted by Crippen LogP contribution is 2.26. The molecule has 1 N–H and O–H groups in total. The summed E-state index contributed by atoms with van der Waals surface area (Å²) in [5.74, 6) is 0. The maximum atomic E-state index is 12.4. The van der Waals surface area contributed by atoms with Crippen molar-refractivity contribution in [1.82, 2.24) is 9.97 Å². The maximum Gasteiger partial charge on any atom is 0.264 e. The van der Waals surface area contributed by atoms with Crippen LogP contribution in [-0.4, -0.2) is 18.4 Å². The van der Waals surface area contributed by atoms with E-state index in [4.69, 9.17) is 11.6 Å². The molecular formula is C14H10ClN3O2S. The number of nitrogens with one attached hydrogen (secondary N) is 1. The number of sulfonamides is 1.